The van der Waals surface area contributed by atoms with E-state index < -0.39 is 0 Å². The summed E-state index contributed by atoms with van der Waals surface area (Å²) in [4.78, 5) is 23.0. The highest BCUT2D eigenvalue weighted by Crippen LogP contribution is 2.17. The molecule has 0 aliphatic heterocycles. The second kappa shape index (κ2) is 10.2. The zero-order valence-electron chi connectivity index (χ0n) is 12.3. The molecule has 0 N–H and O–H groups in total. The lowest BCUT2D eigenvalue weighted by Crippen LogP contribution is -2.10. The fourth-order valence-corrected chi connectivity index (χ4v) is 1.88. The van der Waals surface area contributed by atoms with E-state index in [0.717, 1.165) is 19.3 Å². The van der Waals surface area contributed by atoms with Crippen molar-refractivity contribution < 1.29 is 19.1 Å². The first-order valence-corrected chi connectivity index (χ1v) is 7.61. The van der Waals surface area contributed by atoms with E-state index >= 15 is 0 Å². The number of unbranched alkanes of at least 4 members (excludes halogenated alkanes) is 2. The van der Waals surface area contributed by atoms with Crippen LogP contribution in [0.1, 0.15) is 45.4 Å². The van der Waals surface area contributed by atoms with Crippen molar-refractivity contribution in [3.63, 3.8) is 0 Å². The van der Waals surface area contributed by atoms with Gasteiger partial charge < -0.3 is 9.47 Å². The Kier molecular flexibility index (Phi) is 8.51. The van der Waals surface area contributed by atoms with E-state index in [0.29, 0.717) is 23.8 Å². The Labute approximate surface area is 130 Å². The van der Waals surface area contributed by atoms with Crippen molar-refractivity contribution in [3.8, 4) is 5.75 Å². The number of carbonyl (C=O) groups excluding carboxylic acids is 2. The molecular weight excluding hydrogens is 292 g/mol. The summed E-state index contributed by atoms with van der Waals surface area (Å²) in [6.07, 6.45) is 3.87. The average Bonchev–Trinajstić information content (AvgIpc) is 2.43. The van der Waals surface area contributed by atoms with Crippen molar-refractivity contribution in [2.75, 3.05) is 6.61 Å². The molecule has 0 unspecified atom stereocenters. The molecule has 0 radical (unpaired) electrons. The van der Waals surface area contributed by atoms with E-state index in [-0.39, 0.29) is 24.8 Å². The van der Waals surface area contributed by atoms with Crippen LogP contribution < -0.4 is 4.74 Å². The number of benzene rings is 1. The largest absolute Gasteiger partial charge is 0.466 e. The molecule has 21 heavy (non-hydrogen) atoms. The molecule has 0 aliphatic rings. The number of halogens is 1. The van der Waals surface area contributed by atoms with Crippen LogP contribution in [0.5, 0.6) is 5.75 Å². The van der Waals surface area contributed by atoms with Crippen LogP contribution in [0.2, 0.25) is 5.02 Å². The summed E-state index contributed by atoms with van der Waals surface area (Å²) in [7, 11) is 0. The highest BCUT2D eigenvalue weighted by molar-refractivity contribution is 6.30. The first kappa shape index (κ1) is 17.5. The predicted octanol–water partition coefficient (Wildman–Crippen LogP) is 4.15. The normalized spacial score (nSPS) is 10.2. The number of rotatable bonds is 9. The smallest absolute Gasteiger partial charge is 0.311 e. The van der Waals surface area contributed by atoms with Gasteiger partial charge in [0.2, 0.25) is 0 Å². The van der Waals surface area contributed by atoms with Gasteiger partial charge in [-0.1, -0.05) is 37.4 Å². The number of hydrogen-bond acceptors (Lipinski definition) is 4. The lowest BCUT2D eigenvalue weighted by atomic mass is 10.2. The number of ether oxygens (including phenoxy) is 2. The Morgan fingerprint density at radius 1 is 1.10 bits per heavy atom. The topological polar surface area (TPSA) is 52.6 Å². The fraction of sp³-hybridized carbons (Fsp3) is 0.500. The van der Waals surface area contributed by atoms with E-state index in [1.54, 1.807) is 24.3 Å². The molecule has 1 aromatic rings. The van der Waals surface area contributed by atoms with Gasteiger partial charge in [-0.05, 0) is 31.0 Å². The van der Waals surface area contributed by atoms with E-state index in [1.165, 1.54) is 0 Å². The van der Waals surface area contributed by atoms with E-state index in [4.69, 9.17) is 21.1 Å². The van der Waals surface area contributed by atoms with Gasteiger partial charge in [-0.2, -0.15) is 0 Å². The monoisotopic (exact) mass is 312 g/mol. The standard InChI is InChI=1S/C16H21ClO4/c1-2-3-4-11-20-15(18)9-6-10-16(19)21-14-8-5-7-13(17)12-14/h5,7-8,12H,2-4,6,9-11H2,1H3. The first-order valence-electron chi connectivity index (χ1n) is 7.23. The maximum Gasteiger partial charge on any atom is 0.311 e. The fourth-order valence-electron chi connectivity index (χ4n) is 1.70. The number of esters is 2. The van der Waals surface area contributed by atoms with Crippen molar-refractivity contribution >= 4 is 23.5 Å². The lowest BCUT2D eigenvalue weighted by Gasteiger charge is -2.05. The number of hydrogen-bond donors (Lipinski definition) is 0. The molecule has 0 aliphatic carbocycles. The maximum atomic E-state index is 11.6. The van der Waals surface area contributed by atoms with E-state index in [2.05, 4.69) is 6.92 Å². The Hall–Kier alpha value is -1.55. The van der Waals surface area contributed by atoms with Crippen LogP contribution in [0.25, 0.3) is 0 Å². The van der Waals surface area contributed by atoms with Gasteiger partial charge in [0.15, 0.2) is 0 Å². The maximum absolute atomic E-state index is 11.6. The third-order valence-electron chi connectivity index (χ3n) is 2.80. The zero-order chi connectivity index (χ0) is 15.5. The summed E-state index contributed by atoms with van der Waals surface area (Å²) in [5, 5.41) is 0.510. The summed E-state index contributed by atoms with van der Waals surface area (Å²) < 4.78 is 10.2. The molecule has 116 valence electrons. The van der Waals surface area contributed by atoms with Crippen LogP contribution in [-0.2, 0) is 14.3 Å². The van der Waals surface area contributed by atoms with Gasteiger partial charge in [0.1, 0.15) is 5.75 Å². The summed E-state index contributed by atoms with van der Waals surface area (Å²) >= 11 is 5.79. The van der Waals surface area contributed by atoms with Crippen molar-refractivity contribution in [2.45, 2.75) is 45.4 Å². The van der Waals surface area contributed by atoms with Gasteiger partial charge >= 0.3 is 11.9 Å². The van der Waals surface area contributed by atoms with Crippen molar-refractivity contribution in [1.82, 2.24) is 0 Å². The average molecular weight is 313 g/mol. The summed E-state index contributed by atoms with van der Waals surface area (Å²) in [6, 6.07) is 6.64. The minimum absolute atomic E-state index is 0.177. The molecule has 1 rings (SSSR count). The van der Waals surface area contributed by atoms with Gasteiger partial charge in [0, 0.05) is 17.9 Å². The molecule has 0 aromatic heterocycles. The van der Waals surface area contributed by atoms with Crippen molar-refractivity contribution in [1.29, 1.82) is 0 Å². The summed E-state index contributed by atoms with van der Waals surface area (Å²) in [6.45, 7) is 2.55. The number of carbonyl (C=O) groups is 2. The SMILES string of the molecule is CCCCCOC(=O)CCCC(=O)Oc1cccc(Cl)c1. The molecule has 0 atom stereocenters. The van der Waals surface area contributed by atoms with Gasteiger partial charge in [-0.3, -0.25) is 9.59 Å². The van der Waals surface area contributed by atoms with Crippen LogP contribution in [0.15, 0.2) is 24.3 Å². The molecule has 0 amide bonds. The summed E-state index contributed by atoms with van der Waals surface area (Å²) in [5.74, 6) is -0.229. The molecule has 0 saturated heterocycles. The Morgan fingerprint density at radius 2 is 1.86 bits per heavy atom. The molecule has 5 heteroatoms. The Balaban J connectivity index is 2.14. The van der Waals surface area contributed by atoms with Gasteiger partial charge in [-0.15, -0.1) is 0 Å². The van der Waals surface area contributed by atoms with Gasteiger partial charge in [0.05, 0.1) is 6.61 Å². The Bertz CT molecular complexity index is 459. The Morgan fingerprint density at radius 3 is 2.57 bits per heavy atom. The molecule has 0 saturated carbocycles. The highest BCUT2D eigenvalue weighted by atomic mass is 35.5. The first-order chi connectivity index (χ1) is 10.1. The molecule has 4 nitrogen and oxygen atoms in total. The lowest BCUT2D eigenvalue weighted by molar-refractivity contribution is -0.144. The molecule has 0 heterocycles. The second-order valence-corrected chi connectivity index (χ2v) is 5.15. The van der Waals surface area contributed by atoms with Crippen molar-refractivity contribution in [2.24, 2.45) is 0 Å². The molecule has 0 spiro atoms. The van der Waals surface area contributed by atoms with Gasteiger partial charge in [-0.25, -0.2) is 0 Å². The zero-order valence-corrected chi connectivity index (χ0v) is 13.0. The van der Waals surface area contributed by atoms with Crippen LogP contribution in [0, 0.1) is 0 Å². The minimum atomic E-state index is -0.379. The predicted molar refractivity (Wildman–Crippen MR) is 81.4 cm³/mol. The molecular formula is C16H21ClO4. The van der Waals surface area contributed by atoms with Crippen molar-refractivity contribution in [3.05, 3.63) is 29.3 Å². The third kappa shape index (κ3) is 8.35. The van der Waals surface area contributed by atoms with Crippen LogP contribution in [0.4, 0.5) is 0 Å². The minimum Gasteiger partial charge on any atom is -0.466 e. The van der Waals surface area contributed by atoms with Crippen LogP contribution in [0.3, 0.4) is 0 Å². The quantitative estimate of drug-likeness (QED) is 0.390. The van der Waals surface area contributed by atoms with E-state index in [1.807, 2.05) is 0 Å². The second-order valence-electron chi connectivity index (χ2n) is 4.71. The highest BCUT2D eigenvalue weighted by Gasteiger charge is 2.08. The van der Waals surface area contributed by atoms with E-state index in [9.17, 15) is 9.59 Å². The summed E-state index contributed by atoms with van der Waals surface area (Å²) in [5.41, 5.74) is 0. The van der Waals surface area contributed by atoms with Crippen LogP contribution in [-0.4, -0.2) is 18.5 Å². The molecule has 0 fully saturated rings. The molecule has 0 bridgehead atoms. The van der Waals surface area contributed by atoms with Gasteiger partial charge in [0.25, 0.3) is 0 Å². The van der Waals surface area contributed by atoms with Crippen LogP contribution >= 0.6 is 11.6 Å². The third-order valence-corrected chi connectivity index (χ3v) is 3.04. The molecule has 1 aromatic carbocycles.